The van der Waals surface area contributed by atoms with Crippen LogP contribution in [0.2, 0.25) is 0 Å². The van der Waals surface area contributed by atoms with Gasteiger partial charge in [0, 0.05) is 49.1 Å². The Bertz CT molecular complexity index is 674. The van der Waals surface area contributed by atoms with Crippen LogP contribution in [-0.2, 0) is 6.42 Å². The van der Waals surface area contributed by atoms with Crippen LogP contribution in [-0.4, -0.2) is 37.6 Å². The third-order valence-electron chi connectivity index (χ3n) is 4.16. The molecule has 0 unspecified atom stereocenters. The van der Waals surface area contributed by atoms with Crippen LogP contribution >= 0.6 is 0 Å². The van der Waals surface area contributed by atoms with E-state index in [1.807, 2.05) is 12.1 Å². The molecule has 1 saturated heterocycles. The molecule has 4 rings (SSSR count). The molecule has 4 nitrogen and oxygen atoms in total. The first kappa shape index (κ1) is 12.0. The Balaban J connectivity index is 1.68. The van der Waals surface area contributed by atoms with E-state index < -0.39 is 0 Å². The van der Waals surface area contributed by atoms with E-state index in [-0.39, 0.29) is 0 Å². The summed E-state index contributed by atoms with van der Waals surface area (Å²) in [7, 11) is 0. The van der Waals surface area contributed by atoms with Crippen LogP contribution in [0.25, 0.3) is 21.9 Å². The van der Waals surface area contributed by atoms with Crippen LogP contribution in [0.15, 0.2) is 39.6 Å². The first-order valence-electron chi connectivity index (χ1n) is 7.21. The van der Waals surface area contributed by atoms with Gasteiger partial charge in [0.1, 0.15) is 11.2 Å². The van der Waals surface area contributed by atoms with Gasteiger partial charge in [0.25, 0.3) is 0 Å². The van der Waals surface area contributed by atoms with Crippen LogP contribution in [0, 0.1) is 0 Å². The molecule has 0 aliphatic carbocycles. The second-order valence-electron chi connectivity index (χ2n) is 5.37. The van der Waals surface area contributed by atoms with Crippen molar-refractivity contribution in [2.24, 2.45) is 0 Å². The summed E-state index contributed by atoms with van der Waals surface area (Å²) in [5.74, 6) is 0. The molecule has 2 aromatic heterocycles. The Morgan fingerprint density at radius 3 is 2.85 bits per heavy atom. The van der Waals surface area contributed by atoms with E-state index in [1.165, 1.54) is 10.9 Å². The number of hydrogen-bond donors (Lipinski definition) is 1. The lowest BCUT2D eigenvalue weighted by Crippen LogP contribution is -2.44. The molecule has 1 aliphatic rings. The molecular weight excluding hydrogens is 252 g/mol. The summed E-state index contributed by atoms with van der Waals surface area (Å²) in [4.78, 5) is 2.50. The number of benzene rings is 1. The second kappa shape index (κ2) is 4.96. The van der Waals surface area contributed by atoms with Crippen molar-refractivity contribution < 1.29 is 8.83 Å². The zero-order valence-corrected chi connectivity index (χ0v) is 11.4. The maximum absolute atomic E-state index is 5.69. The highest BCUT2D eigenvalue weighted by Gasteiger charge is 2.15. The van der Waals surface area contributed by atoms with Gasteiger partial charge in [-0.25, -0.2) is 0 Å². The Kier molecular flexibility index (Phi) is 2.98. The Morgan fingerprint density at radius 2 is 1.95 bits per heavy atom. The number of fused-ring (bicyclic) bond motifs is 2. The molecule has 104 valence electrons. The van der Waals surface area contributed by atoms with Crippen molar-refractivity contribution in [2.45, 2.75) is 6.42 Å². The fourth-order valence-corrected chi connectivity index (χ4v) is 3.08. The molecule has 4 heteroatoms. The molecule has 1 N–H and O–H groups in total. The van der Waals surface area contributed by atoms with Gasteiger partial charge in [-0.15, -0.1) is 0 Å². The van der Waals surface area contributed by atoms with E-state index in [0.717, 1.165) is 55.7 Å². The lowest BCUT2D eigenvalue weighted by molar-refractivity contribution is 0.244. The fraction of sp³-hybridized carbons (Fsp3) is 0.375. The van der Waals surface area contributed by atoms with Gasteiger partial charge in [-0.3, -0.25) is 0 Å². The smallest absolute Gasteiger partial charge is 0.137 e. The first-order chi connectivity index (χ1) is 9.92. The van der Waals surface area contributed by atoms with Crippen molar-refractivity contribution >= 4 is 21.9 Å². The van der Waals surface area contributed by atoms with Crippen LogP contribution in [0.4, 0.5) is 0 Å². The average molecular weight is 270 g/mol. The molecule has 20 heavy (non-hydrogen) atoms. The minimum Gasteiger partial charge on any atom is -0.464 e. The molecule has 0 amide bonds. The predicted molar refractivity (Wildman–Crippen MR) is 79.0 cm³/mol. The van der Waals surface area contributed by atoms with Crippen molar-refractivity contribution in [3.8, 4) is 0 Å². The van der Waals surface area contributed by atoms with Gasteiger partial charge in [-0.2, -0.15) is 0 Å². The minimum atomic E-state index is 0.953. The maximum Gasteiger partial charge on any atom is 0.137 e. The zero-order valence-electron chi connectivity index (χ0n) is 11.4. The molecule has 0 radical (unpaired) electrons. The third-order valence-corrected chi connectivity index (χ3v) is 4.16. The van der Waals surface area contributed by atoms with Crippen LogP contribution < -0.4 is 5.32 Å². The van der Waals surface area contributed by atoms with Crippen molar-refractivity contribution in [1.29, 1.82) is 0 Å². The zero-order chi connectivity index (χ0) is 13.4. The average Bonchev–Trinajstić information content (AvgIpc) is 3.12. The summed E-state index contributed by atoms with van der Waals surface area (Å²) in [6.07, 6.45) is 4.52. The maximum atomic E-state index is 5.69. The number of nitrogens with one attached hydrogen (secondary N) is 1. The second-order valence-corrected chi connectivity index (χ2v) is 5.37. The van der Waals surface area contributed by atoms with E-state index in [1.54, 1.807) is 12.5 Å². The Morgan fingerprint density at radius 1 is 1.10 bits per heavy atom. The Hall–Kier alpha value is -1.78. The number of hydrogen-bond acceptors (Lipinski definition) is 4. The highest BCUT2D eigenvalue weighted by molar-refractivity contribution is 5.97. The minimum absolute atomic E-state index is 0.953. The highest BCUT2D eigenvalue weighted by atomic mass is 16.3. The summed E-state index contributed by atoms with van der Waals surface area (Å²) < 4.78 is 11.3. The number of nitrogens with zero attached hydrogens (tertiary/aromatic N) is 1. The van der Waals surface area contributed by atoms with Crippen molar-refractivity contribution in [2.75, 3.05) is 32.7 Å². The molecular formula is C16H18N2O2. The van der Waals surface area contributed by atoms with Crippen molar-refractivity contribution in [1.82, 2.24) is 10.2 Å². The molecule has 1 fully saturated rings. The Labute approximate surface area is 117 Å². The molecule has 0 bridgehead atoms. The summed E-state index contributed by atoms with van der Waals surface area (Å²) in [5, 5.41) is 5.70. The molecule has 1 aromatic carbocycles. The van der Waals surface area contributed by atoms with E-state index >= 15 is 0 Å². The molecule has 0 spiro atoms. The lowest BCUT2D eigenvalue weighted by Gasteiger charge is -2.27. The van der Waals surface area contributed by atoms with Gasteiger partial charge in [-0.05, 0) is 24.6 Å². The van der Waals surface area contributed by atoms with Crippen molar-refractivity contribution in [3.63, 3.8) is 0 Å². The summed E-state index contributed by atoms with van der Waals surface area (Å²) in [6, 6.07) is 6.11. The van der Waals surface area contributed by atoms with Gasteiger partial charge in [0.15, 0.2) is 0 Å². The van der Waals surface area contributed by atoms with E-state index in [2.05, 4.69) is 16.3 Å². The lowest BCUT2D eigenvalue weighted by atomic mass is 10.0. The van der Waals surface area contributed by atoms with E-state index in [9.17, 15) is 0 Å². The predicted octanol–water partition coefficient (Wildman–Crippen LogP) is 2.63. The molecule has 3 heterocycles. The topological polar surface area (TPSA) is 41.5 Å². The standard InChI is InChI=1S/C16H18N2O2/c1(6-18-7-4-17-5-8-18)14-13-3-10-19-15(13)11-12-2-9-20-16(12)14/h2-3,9-11,17H,1,4-8H2. The van der Waals surface area contributed by atoms with Crippen LogP contribution in [0.1, 0.15) is 5.56 Å². The van der Waals surface area contributed by atoms with Crippen LogP contribution in [0.5, 0.6) is 0 Å². The van der Waals surface area contributed by atoms with Gasteiger partial charge in [0.2, 0.25) is 0 Å². The quantitative estimate of drug-likeness (QED) is 0.794. The summed E-state index contributed by atoms with van der Waals surface area (Å²) in [5.41, 5.74) is 3.23. The third kappa shape index (κ3) is 2.01. The SMILES string of the molecule is c1cc2c(CCN3CCNCC3)c3occc3cc2o1. The highest BCUT2D eigenvalue weighted by Crippen LogP contribution is 2.30. The van der Waals surface area contributed by atoms with Gasteiger partial charge >= 0.3 is 0 Å². The summed E-state index contributed by atoms with van der Waals surface area (Å²) >= 11 is 0. The first-order valence-corrected chi connectivity index (χ1v) is 7.21. The molecule has 3 aromatic rings. The van der Waals surface area contributed by atoms with Gasteiger partial charge in [0.05, 0.1) is 12.5 Å². The molecule has 1 aliphatic heterocycles. The van der Waals surface area contributed by atoms with Gasteiger partial charge in [-0.1, -0.05) is 0 Å². The van der Waals surface area contributed by atoms with Gasteiger partial charge < -0.3 is 19.1 Å². The van der Waals surface area contributed by atoms with E-state index in [4.69, 9.17) is 8.83 Å². The fourth-order valence-electron chi connectivity index (χ4n) is 3.08. The largest absolute Gasteiger partial charge is 0.464 e. The van der Waals surface area contributed by atoms with E-state index in [0.29, 0.717) is 0 Å². The molecule has 0 atom stereocenters. The number of rotatable bonds is 3. The van der Waals surface area contributed by atoms with Crippen molar-refractivity contribution in [3.05, 3.63) is 36.3 Å². The number of furan rings is 2. The monoisotopic (exact) mass is 270 g/mol. The summed E-state index contributed by atoms with van der Waals surface area (Å²) in [6.45, 7) is 5.51. The molecule has 0 saturated carbocycles. The number of piperazine rings is 1. The van der Waals surface area contributed by atoms with Crippen LogP contribution in [0.3, 0.4) is 0 Å². The normalized spacial score (nSPS) is 17.2.